The summed E-state index contributed by atoms with van der Waals surface area (Å²) < 4.78 is 0. The van der Waals surface area contributed by atoms with Gasteiger partial charge in [-0.05, 0) is 51.0 Å². The number of para-hydroxylation sites is 3. The summed E-state index contributed by atoms with van der Waals surface area (Å²) in [5.41, 5.74) is 2.96. The van der Waals surface area contributed by atoms with E-state index in [0.717, 1.165) is 43.0 Å². The number of amides is 1. The van der Waals surface area contributed by atoms with Crippen molar-refractivity contribution in [3.8, 4) is 0 Å². The van der Waals surface area contributed by atoms with E-state index in [-0.39, 0.29) is 24.6 Å². The number of nitrogens with one attached hydrogen (secondary N) is 1. The number of hydrogen-bond donors (Lipinski definition) is 2. The van der Waals surface area contributed by atoms with E-state index in [1.165, 1.54) is 0 Å². The molecule has 1 fully saturated rings. The van der Waals surface area contributed by atoms with Gasteiger partial charge >= 0.3 is 0 Å². The quantitative estimate of drug-likeness (QED) is 0.820. The average Bonchev–Trinajstić information content (AvgIpc) is 2.68. The van der Waals surface area contributed by atoms with E-state index in [1.807, 2.05) is 67.3 Å². The van der Waals surface area contributed by atoms with Crippen molar-refractivity contribution < 1.29 is 9.90 Å². The Labute approximate surface area is 161 Å². The largest absolute Gasteiger partial charge is 0.393 e. The molecule has 3 rings (SSSR count). The van der Waals surface area contributed by atoms with Crippen LogP contribution in [-0.4, -0.2) is 42.8 Å². The van der Waals surface area contributed by atoms with Crippen LogP contribution in [0.1, 0.15) is 26.7 Å². The monoisotopic (exact) mass is 367 g/mol. The van der Waals surface area contributed by atoms with Crippen LogP contribution < -0.4 is 15.1 Å². The minimum Gasteiger partial charge on any atom is -0.393 e. The molecule has 1 heterocycles. The molecule has 27 heavy (non-hydrogen) atoms. The molecule has 0 aromatic heterocycles. The molecular formula is C22H29N3O2. The lowest BCUT2D eigenvalue weighted by atomic mass is 10.1. The zero-order valence-electron chi connectivity index (χ0n) is 16.1. The fourth-order valence-electron chi connectivity index (χ4n) is 3.58. The number of anilines is 3. The van der Waals surface area contributed by atoms with Crippen molar-refractivity contribution in [3.63, 3.8) is 0 Å². The third-order valence-electron chi connectivity index (χ3n) is 4.96. The summed E-state index contributed by atoms with van der Waals surface area (Å²) in [6.45, 7) is 5.95. The molecule has 0 unspecified atom stereocenters. The Morgan fingerprint density at radius 1 is 1.11 bits per heavy atom. The topological polar surface area (TPSA) is 55.8 Å². The van der Waals surface area contributed by atoms with Crippen LogP contribution in [0.15, 0.2) is 54.6 Å². The number of carbonyl (C=O) groups excluding carboxylic acids is 1. The molecule has 0 spiro atoms. The van der Waals surface area contributed by atoms with Gasteiger partial charge in [-0.3, -0.25) is 4.79 Å². The predicted molar refractivity (Wildman–Crippen MR) is 111 cm³/mol. The summed E-state index contributed by atoms with van der Waals surface area (Å²) in [6.07, 6.45) is 1.36. The van der Waals surface area contributed by atoms with Gasteiger partial charge in [-0.15, -0.1) is 0 Å². The summed E-state index contributed by atoms with van der Waals surface area (Å²) in [6, 6.07) is 17.9. The molecule has 5 nitrogen and oxygen atoms in total. The Morgan fingerprint density at radius 2 is 1.74 bits per heavy atom. The number of carbonyl (C=O) groups is 1. The van der Waals surface area contributed by atoms with Crippen LogP contribution in [0.3, 0.4) is 0 Å². The number of benzene rings is 2. The Kier molecular flexibility index (Phi) is 6.35. The van der Waals surface area contributed by atoms with Crippen molar-refractivity contribution >= 4 is 23.0 Å². The summed E-state index contributed by atoms with van der Waals surface area (Å²) >= 11 is 0. The molecule has 1 amide bonds. The third kappa shape index (κ3) is 4.80. The second kappa shape index (κ2) is 8.91. The first-order chi connectivity index (χ1) is 13.1. The number of nitrogens with zero attached hydrogens (tertiary/aromatic N) is 2. The van der Waals surface area contributed by atoms with Crippen LogP contribution in [0.25, 0.3) is 0 Å². The number of aliphatic hydroxyl groups excluding tert-OH is 1. The van der Waals surface area contributed by atoms with Crippen molar-refractivity contribution in [2.24, 2.45) is 0 Å². The van der Waals surface area contributed by atoms with Crippen LogP contribution >= 0.6 is 0 Å². The van der Waals surface area contributed by atoms with E-state index in [2.05, 4.69) is 16.3 Å². The SMILES string of the molecule is CC(C)N(C(=O)CNc1ccccc1N1CCC(O)CC1)c1ccccc1. The molecule has 0 atom stereocenters. The van der Waals surface area contributed by atoms with Gasteiger partial charge in [0.1, 0.15) is 0 Å². The highest BCUT2D eigenvalue weighted by atomic mass is 16.3. The van der Waals surface area contributed by atoms with Gasteiger partial charge in [-0.25, -0.2) is 0 Å². The lowest BCUT2D eigenvalue weighted by Gasteiger charge is -2.33. The second-order valence-corrected chi connectivity index (χ2v) is 7.28. The van der Waals surface area contributed by atoms with Crippen molar-refractivity contribution in [3.05, 3.63) is 54.6 Å². The Bertz CT molecular complexity index is 740. The summed E-state index contributed by atoms with van der Waals surface area (Å²) in [5.74, 6) is 0.0417. The zero-order valence-corrected chi connectivity index (χ0v) is 16.1. The highest BCUT2D eigenvalue weighted by Gasteiger charge is 2.21. The maximum atomic E-state index is 12.9. The van der Waals surface area contributed by atoms with Gasteiger partial charge in [0.2, 0.25) is 5.91 Å². The maximum absolute atomic E-state index is 12.9. The second-order valence-electron chi connectivity index (χ2n) is 7.28. The number of rotatable bonds is 6. The predicted octanol–water partition coefficient (Wildman–Crippen LogP) is 3.50. The molecular weight excluding hydrogens is 338 g/mol. The van der Waals surface area contributed by atoms with Crippen LogP contribution in [0.4, 0.5) is 17.1 Å². The van der Waals surface area contributed by atoms with E-state index >= 15 is 0 Å². The molecule has 144 valence electrons. The molecule has 0 bridgehead atoms. The Hall–Kier alpha value is -2.53. The van der Waals surface area contributed by atoms with Crippen molar-refractivity contribution in [2.75, 3.05) is 34.8 Å². The minimum atomic E-state index is -0.201. The molecule has 0 saturated carbocycles. The van der Waals surface area contributed by atoms with E-state index in [4.69, 9.17) is 0 Å². The van der Waals surface area contributed by atoms with Crippen LogP contribution in [0.5, 0.6) is 0 Å². The molecule has 2 N–H and O–H groups in total. The van der Waals surface area contributed by atoms with Crippen LogP contribution in [-0.2, 0) is 4.79 Å². The lowest BCUT2D eigenvalue weighted by molar-refractivity contribution is -0.117. The van der Waals surface area contributed by atoms with Gasteiger partial charge in [-0.1, -0.05) is 30.3 Å². The van der Waals surface area contributed by atoms with Crippen molar-refractivity contribution in [2.45, 2.75) is 38.8 Å². The number of hydrogen-bond acceptors (Lipinski definition) is 4. The van der Waals surface area contributed by atoms with Gasteiger partial charge in [0.15, 0.2) is 0 Å². The van der Waals surface area contributed by atoms with E-state index < -0.39 is 0 Å². The van der Waals surface area contributed by atoms with Gasteiger partial charge in [-0.2, -0.15) is 0 Å². The van der Waals surface area contributed by atoms with Crippen LogP contribution in [0, 0.1) is 0 Å². The zero-order chi connectivity index (χ0) is 19.2. The number of aliphatic hydroxyl groups is 1. The van der Waals surface area contributed by atoms with E-state index in [0.29, 0.717) is 0 Å². The first-order valence-electron chi connectivity index (χ1n) is 9.69. The molecule has 5 heteroatoms. The molecule has 1 aliphatic rings. The first-order valence-corrected chi connectivity index (χ1v) is 9.69. The highest BCUT2D eigenvalue weighted by molar-refractivity contribution is 5.97. The normalized spacial score (nSPS) is 15.0. The average molecular weight is 367 g/mol. The molecule has 2 aromatic rings. The molecule has 1 aliphatic heterocycles. The van der Waals surface area contributed by atoms with E-state index in [9.17, 15) is 9.90 Å². The minimum absolute atomic E-state index is 0.0417. The number of piperidine rings is 1. The third-order valence-corrected chi connectivity index (χ3v) is 4.96. The van der Waals surface area contributed by atoms with Gasteiger partial charge in [0, 0.05) is 24.8 Å². The first kappa shape index (κ1) is 19.2. The van der Waals surface area contributed by atoms with E-state index in [1.54, 1.807) is 0 Å². The van der Waals surface area contributed by atoms with Gasteiger partial charge < -0.3 is 20.2 Å². The van der Waals surface area contributed by atoms with Crippen LogP contribution in [0.2, 0.25) is 0 Å². The maximum Gasteiger partial charge on any atom is 0.246 e. The molecule has 0 radical (unpaired) electrons. The Balaban J connectivity index is 1.70. The van der Waals surface area contributed by atoms with Crippen molar-refractivity contribution in [1.82, 2.24) is 0 Å². The van der Waals surface area contributed by atoms with Gasteiger partial charge in [0.05, 0.1) is 24.0 Å². The lowest BCUT2D eigenvalue weighted by Crippen LogP contribution is -2.41. The smallest absolute Gasteiger partial charge is 0.246 e. The summed E-state index contributed by atoms with van der Waals surface area (Å²) in [5, 5.41) is 13.1. The molecule has 1 saturated heterocycles. The molecule has 2 aromatic carbocycles. The van der Waals surface area contributed by atoms with Gasteiger partial charge in [0.25, 0.3) is 0 Å². The highest BCUT2D eigenvalue weighted by Crippen LogP contribution is 2.28. The summed E-state index contributed by atoms with van der Waals surface area (Å²) in [7, 11) is 0. The standard InChI is InChI=1S/C22H29N3O2/c1-17(2)25(18-8-4-3-5-9-18)22(27)16-23-20-10-6-7-11-21(20)24-14-12-19(26)13-15-24/h3-11,17,19,23,26H,12-16H2,1-2H3. The Morgan fingerprint density at radius 3 is 2.41 bits per heavy atom. The summed E-state index contributed by atoms with van der Waals surface area (Å²) in [4.78, 5) is 17.0. The fourth-order valence-corrected chi connectivity index (χ4v) is 3.58. The fraction of sp³-hybridized carbons (Fsp3) is 0.409. The van der Waals surface area contributed by atoms with Crippen molar-refractivity contribution in [1.29, 1.82) is 0 Å². The molecule has 0 aliphatic carbocycles.